The molecule has 1 aromatic heterocycles. The van der Waals surface area contributed by atoms with Gasteiger partial charge >= 0.3 is 5.97 Å². The molecule has 376 valence electrons. The van der Waals surface area contributed by atoms with Crippen molar-refractivity contribution in [3.8, 4) is 0 Å². The van der Waals surface area contributed by atoms with Gasteiger partial charge in [-0.15, -0.1) is 0 Å². The molecule has 0 aromatic carbocycles. The first kappa shape index (κ1) is 57.6. The maximum Gasteiger partial charge on any atom is 0.327 e. The second kappa shape index (κ2) is 27.9. The molecule has 67 heavy (non-hydrogen) atoms. The summed E-state index contributed by atoms with van der Waals surface area (Å²) in [6, 6.07) is -13.2. The molecule has 1 fully saturated rings. The molecule has 0 unspecified atom stereocenters. The van der Waals surface area contributed by atoms with Crippen LogP contribution in [0.2, 0.25) is 0 Å². The summed E-state index contributed by atoms with van der Waals surface area (Å²) in [6.07, 6.45) is -1.01. The standard InChI is InChI=1S/C39H64N12O14S2/c1-17(2)10-23(33(58)47-25(13-52)35(60)49-29(18(3)53)37(62)48-26(15-67)39(64)65)46-36(61)27-6-5-9-51(27)38(63)30(19(4)54)50-32(57)22(7-8-28(41)55)44-34(59)24(11-20-12-42-16-43-20)45-31(56)21(40)14-66/h12,16-19,21-27,29-30,52-54,66-67H,5-11,13-15,40H2,1-4H3,(H2,41,55)(H,42,43)(H,44,59)(H,45,56)(H,46,61)(H,47,58)(H,48,62)(H,49,60)(H,50,57)(H,64,65)/t18-,19-,21+,22+,23+,24+,25+,26+,27+,29+,30+/m1/s1. The summed E-state index contributed by atoms with van der Waals surface area (Å²) >= 11 is 7.87. The van der Waals surface area contributed by atoms with Gasteiger partial charge in [0.15, 0.2) is 0 Å². The number of thiol groups is 2. The number of nitrogens with zero attached hydrogens (tertiary/aromatic N) is 2. The zero-order valence-corrected chi connectivity index (χ0v) is 39.3. The van der Waals surface area contributed by atoms with Crippen molar-refractivity contribution in [3.05, 3.63) is 18.2 Å². The lowest BCUT2D eigenvalue weighted by Crippen LogP contribution is -2.62. The number of imidazole rings is 1. The number of carbonyl (C=O) groups excluding carboxylic acids is 9. The number of H-pyrrole nitrogens is 1. The first-order chi connectivity index (χ1) is 31.4. The van der Waals surface area contributed by atoms with Gasteiger partial charge in [-0.3, -0.25) is 43.2 Å². The number of amides is 9. The third-order valence-corrected chi connectivity index (χ3v) is 11.1. The van der Waals surface area contributed by atoms with Crippen LogP contribution in [0.5, 0.6) is 0 Å². The third-order valence-electron chi connectivity index (χ3n) is 10.4. The number of carboxylic acid groups (broad SMARTS) is 1. The van der Waals surface area contributed by atoms with Gasteiger partial charge in [0.05, 0.1) is 31.2 Å². The molecule has 2 heterocycles. The molecule has 1 saturated heterocycles. The Hall–Kier alpha value is -5.55. The van der Waals surface area contributed by atoms with Crippen LogP contribution < -0.4 is 48.7 Å². The fourth-order valence-corrected chi connectivity index (χ4v) is 7.10. The van der Waals surface area contributed by atoms with Crippen LogP contribution in [0, 0.1) is 5.92 Å². The number of hydrogen-bond donors (Lipinski definition) is 16. The molecule has 2 rings (SSSR count). The van der Waals surface area contributed by atoms with Crippen LogP contribution in [-0.2, 0) is 54.4 Å². The fourth-order valence-electron chi connectivity index (χ4n) is 6.68. The molecule has 28 heteroatoms. The second-order valence-corrected chi connectivity index (χ2v) is 17.1. The van der Waals surface area contributed by atoms with E-state index >= 15 is 0 Å². The van der Waals surface area contributed by atoms with E-state index in [0.717, 1.165) is 11.8 Å². The Kier molecular flexibility index (Phi) is 24.0. The zero-order chi connectivity index (χ0) is 50.7. The number of nitrogens with one attached hydrogen (secondary N) is 8. The molecule has 1 aliphatic heterocycles. The van der Waals surface area contributed by atoms with Crippen molar-refractivity contribution in [2.24, 2.45) is 17.4 Å². The van der Waals surface area contributed by atoms with Crippen molar-refractivity contribution >= 4 is 84.4 Å². The maximum absolute atomic E-state index is 14.1. The number of rotatable bonds is 28. The van der Waals surface area contributed by atoms with Crippen LogP contribution in [-0.4, -0.2) is 186 Å². The lowest BCUT2D eigenvalue weighted by atomic mass is 10.0. The summed E-state index contributed by atoms with van der Waals surface area (Å²) < 4.78 is 0. The summed E-state index contributed by atoms with van der Waals surface area (Å²) in [5.74, 6) is -10.5. The number of carboxylic acids is 1. The first-order valence-electron chi connectivity index (χ1n) is 21.3. The number of aromatic nitrogens is 2. The van der Waals surface area contributed by atoms with Crippen molar-refractivity contribution in [2.75, 3.05) is 24.7 Å². The molecule has 0 aliphatic carbocycles. The average molecular weight is 989 g/mol. The SMILES string of the molecule is CC(C)C[C@H](NC(=O)[C@@H]1CCCN1C(=O)[C@@H](NC(=O)[C@H](CCC(N)=O)NC(=O)[C@H](Cc1cnc[nH]1)NC(=O)[C@@H](N)CS)[C@@H](C)O)C(=O)N[C@@H](CO)C(=O)N[C@H](C(=O)N[C@@H](CS)C(=O)O)[C@@H](C)O. The number of nitrogens with two attached hydrogens (primary N) is 2. The minimum absolute atomic E-state index is 0.0177. The molecule has 0 radical (unpaired) electrons. The van der Waals surface area contributed by atoms with Gasteiger partial charge in [0.2, 0.25) is 53.2 Å². The number of aliphatic hydroxyl groups is 3. The second-order valence-electron chi connectivity index (χ2n) is 16.4. The number of aromatic amines is 1. The van der Waals surface area contributed by atoms with Crippen molar-refractivity contribution < 1.29 is 68.4 Å². The minimum atomic E-state index is -1.73. The van der Waals surface area contributed by atoms with Crippen LogP contribution in [0.4, 0.5) is 0 Å². The molecule has 9 amide bonds. The van der Waals surface area contributed by atoms with Crippen molar-refractivity contribution in [2.45, 2.75) is 133 Å². The summed E-state index contributed by atoms with van der Waals surface area (Å²) in [6.45, 7) is 4.72. The van der Waals surface area contributed by atoms with Gasteiger partial charge in [0.1, 0.15) is 48.3 Å². The monoisotopic (exact) mass is 988 g/mol. The van der Waals surface area contributed by atoms with E-state index in [4.69, 9.17) is 11.5 Å². The number of likely N-dealkylation sites (tertiary alicyclic amines) is 1. The molecular formula is C39H64N12O14S2. The van der Waals surface area contributed by atoms with Crippen molar-refractivity contribution in [1.29, 1.82) is 0 Å². The van der Waals surface area contributed by atoms with E-state index in [1.807, 2.05) is 0 Å². The first-order valence-corrected chi connectivity index (χ1v) is 22.6. The van der Waals surface area contributed by atoms with Crippen LogP contribution in [0.25, 0.3) is 0 Å². The largest absolute Gasteiger partial charge is 0.480 e. The molecule has 0 bridgehead atoms. The lowest BCUT2D eigenvalue weighted by molar-refractivity contribution is -0.145. The highest BCUT2D eigenvalue weighted by molar-refractivity contribution is 7.80. The topological polar surface area (TPSA) is 420 Å². The fraction of sp³-hybridized carbons (Fsp3) is 0.667. The van der Waals surface area contributed by atoms with E-state index < -0.39 is 139 Å². The van der Waals surface area contributed by atoms with Crippen LogP contribution in [0.15, 0.2) is 12.5 Å². The normalized spacial score (nSPS) is 18.0. The third kappa shape index (κ3) is 18.2. The molecule has 1 aliphatic rings. The summed E-state index contributed by atoms with van der Waals surface area (Å²) in [4.78, 5) is 139. The molecule has 26 nitrogen and oxygen atoms in total. The summed E-state index contributed by atoms with van der Waals surface area (Å²) in [5.41, 5.74) is 11.5. The summed E-state index contributed by atoms with van der Waals surface area (Å²) in [7, 11) is 0. The Labute approximate surface area is 396 Å². The number of aliphatic carboxylic acids is 1. The molecule has 1 aromatic rings. The predicted octanol–water partition coefficient (Wildman–Crippen LogP) is -6.33. The molecule has 0 saturated carbocycles. The van der Waals surface area contributed by atoms with Gasteiger partial charge in [-0.25, -0.2) is 9.78 Å². The lowest BCUT2D eigenvalue weighted by Gasteiger charge is -2.32. The van der Waals surface area contributed by atoms with Gasteiger partial charge in [-0.05, 0) is 45.4 Å². The Bertz CT molecular complexity index is 1890. The predicted molar refractivity (Wildman–Crippen MR) is 242 cm³/mol. The number of aliphatic hydroxyl groups excluding tert-OH is 3. The minimum Gasteiger partial charge on any atom is -0.480 e. The van der Waals surface area contributed by atoms with Crippen LogP contribution >= 0.6 is 25.3 Å². The zero-order valence-electron chi connectivity index (χ0n) is 37.5. The van der Waals surface area contributed by atoms with Crippen molar-refractivity contribution in [1.82, 2.24) is 52.1 Å². The van der Waals surface area contributed by atoms with E-state index in [1.54, 1.807) is 13.8 Å². The summed E-state index contributed by atoms with van der Waals surface area (Å²) in [5, 5.41) is 56.8. The molecule has 0 spiro atoms. The highest BCUT2D eigenvalue weighted by Gasteiger charge is 2.42. The Balaban J connectivity index is 2.29. The van der Waals surface area contributed by atoms with E-state index in [0.29, 0.717) is 5.69 Å². The molecular weight excluding hydrogens is 925 g/mol. The number of carbonyl (C=O) groups is 10. The van der Waals surface area contributed by atoms with E-state index in [2.05, 4.69) is 72.4 Å². The molecule has 16 N–H and O–H groups in total. The Morgan fingerprint density at radius 1 is 0.761 bits per heavy atom. The van der Waals surface area contributed by atoms with Gasteiger partial charge in [-0.1, -0.05) is 13.8 Å². The number of primary amides is 1. The number of hydrogen-bond acceptors (Lipinski definition) is 17. The van der Waals surface area contributed by atoms with Gasteiger partial charge in [-0.2, -0.15) is 25.3 Å². The highest BCUT2D eigenvalue weighted by Crippen LogP contribution is 2.21. The van der Waals surface area contributed by atoms with Gasteiger partial charge < -0.3 is 79.0 Å². The molecule has 11 atom stereocenters. The van der Waals surface area contributed by atoms with Gasteiger partial charge in [0, 0.05) is 42.8 Å². The smallest absolute Gasteiger partial charge is 0.327 e. The van der Waals surface area contributed by atoms with Gasteiger partial charge in [0.25, 0.3) is 0 Å². The van der Waals surface area contributed by atoms with E-state index in [-0.39, 0.29) is 56.1 Å². The van der Waals surface area contributed by atoms with E-state index in [1.165, 1.54) is 19.4 Å². The Morgan fingerprint density at radius 2 is 1.31 bits per heavy atom. The quantitative estimate of drug-likeness (QED) is 0.0347. The average Bonchev–Trinajstić information content (AvgIpc) is 3.98. The van der Waals surface area contributed by atoms with Crippen LogP contribution in [0.3, 0.4) is 0 Å². The van der Waals surface area contributed by atoms with Crippen LogP contribution in [0.1, 0.15) is 65.5 Å². The maximum atomic E-state index is 14.1. The Morgan fingerprint density at radius 3 is 1.84 bits per heavy atom. The van der Waals surface area contributed by atoms with E-state index in [9.17, 15) is 68.4 Å². The van der Waals surface area contributed by atoms with Crippen molar-refractivity contribution in [3.63, 3.8) is 0 Å². The highest BCUT2D eigenvalue weighted by atomic mass is 32.1.